The standard InChI is InChI=1S/C54H34N4.C30H18F2N2.C13H10.CH3F.CH2O3.2K.H/c55-35-40-32-45(47-34-39(36-18-4-1-5-19-36)33-46(56-47)37-20-6-2-7-21-37)54(58-50-30-16-12-26-43(50)44-27-13-17-31-51(44)58)52(38-22-8-3-9-23-38)53(40)57-48-28-14-10-24-41(48)42-25-11-15-29-49(42)57;31-29-24(19-33)16-25(30(32)28(29)22-14-8-3-9-15-22)27-18-23(20-10-4-1-5-11-20)17-26(34-27)21-12-6-2-7-13-21;1-3-7-12-10(5-1)9-11-6-2-4-8-13(11)12;1-2;2-1-4-3;;;/h1-34H;1-18H;1-8H,9H2;1H3;1,3H;;;/q;;;;;2*+1;-1/p-1/i;;;1D;;;;. The molecule has 0 saturated heterocycles. The molecule has 0 aliphatic heterocycles. The van der Waals surface area contributed by atoms with Crippen molar-refractivity contribution in [2.45, 2.75) is 6.42 Å². The molecule has 4 heterocycles. The van der Waals surface area contributed by atoms with E-state index in [4.69, 9.17) is 21.4 Å². The number of hydrogen-bond donors (Lipinski definition) is 0. The zero-order chi connectivity index (χ0) is 76.9. The van der Waals surface area contributed by atoms with Gasteiger partial charge in [-0.1, -0.05) is 303 Å². The SMILES string of the molecule is N#Cc1cc(-c2cc(-c3ccccc3)cc(-c3ccccc3)n2)c(-n2c3ccccc3c3ccccc32)c(-c2ccccc2)c1-n1c2ccccc2c2ccccc21.N#Cc1cc(-c2cc(-c3ccccc3)cc(-c3ccccc3)n2)c(F)c(-c2ccccc2)c1F.O=CO[O-].[2H]CF.[H-].[K+].[K+].c1ccc2c(c1)Cc1ccccc1-2. The van der Waals surface area contributed by atoms with Crippen LogP contribution in [0.4, 0.5) is 13.2 Å². The van der Waals surface area contributed by atoms with Crippen LogP contribution >= 0.6 is 0 Å². The maximum absolute atomic E-state index is 15.9. The first kappa shape index (κ1) is 78.2. The second kappa shape index (κ2) is 37.2. The number of pyridine rings is 2. The van der Waals surface area contributed by atoms with E-state index in [1.165, 1.54) is 28.3 Å². The third-order valence-electron chi connectivity index (χ3n) is 19.7. The Morgan fingerprint density at radius 3 is 1.05 bits per heavy atom. The molecule has 19 rings (SSSR count). The number of nitrogens with zero attached hydrogens (tertiary/aromatic N) is 6. The summed E-state index contributed by atoms with van der Waals surface area (Å²) in [6.07, 6.45) is 1.10. The number of carbonyl (C=O) groups is 1. The average Bonchev–Trinajstić information content (AvgIpc) is 1.59. The monoisotopic (exact) mass is 1520 g/mol. The van der Waals surface area contributed by atoms with E-state index in [0.717, 1.165) is 123 Å². The Hall–Kier alpha value is -11.5. The maximum atomic E-state index is 15.9. The van der Waals surface area contributed by atoms with Gasteiger partial charge in [-0.25, -0.2) is 18.7 Å². The van der Waals surface area contributed by atoms with Gasteiger partial charge in [0, 0.05) is 49.4 Å². The number of nitriles is 2. The van der Waals surface area contributed by atoms with Crippen molar-refractivity contribution in [1.82, 2.24) is 19.1 Å². The molecule has 0 atom stereocenters. The average molecular weight is 1520 g/mol. The van der Waals surface area contributed by atoms with E-state index in [-0.39, 0.29) is 127 Å². The first-order valence-electron chi connectivity index (χ1n) is 36.5. The van der Waals surface area contributed by atoms with Gasteiger partial charge < -0.3 is 20.7 Å². The van der Waals surface area contributed by atoms with Crippen LogP contribution in [-0.4, -0.2) is 32.7 Å². The van der Waals surface area contributed by atoms with Crippen molar-refractivity contribution in [2.75, 3.05) is 7.15 Å². The summed E-state index contributed by atoms with van der Waals surface area (Å²) in [5, 5.41) is 34.0. The molecular formula is C99H67F3K2N6O3. The molecular weight excluding hydrogens is 1460 g/mol. The van der Waals surface area contributed by atoms with Crippen LogP contribution in [0.1, 0.15) is 25.1 Å². The number of rotatable bonds is 11. The molecule has 534 valence electrons. The number of aromatic nitrogens is 4. The predicted molar refractivity (Wildman–Crippen MR) is 440 cm³/mol. The summed E-state index contributed by atoms with van der Waals surface area (Å²) in [6.45, 7) is -0.181. The zero-order valence-electron chi connectivity index (χ0n) is 63.7. The molecule has 113 heavy (non-hydrogen) atoms. The first-order valence-corrected chi connectivity index (χ1v) is 35.8. The van der Waals surface area contributed by atoms with E-state index in [2.05, 4.69) is 263 Å². The van der Waals surface area contributed by atoms with E-state index < -0.39 is 18.8 Å². The molecule has 0 bridgehead atoms. The summed E-state index contributed by atoms with van der Waals surface area (Å²) in [7, 11) is -1.00. The van der Waals surface area contributed by atoms with Crippen molar-refractivity contribution in [2.24, 2.45) is 0 Å². The molecule has 0 N–H and O–H groups in total. The number of alkyl halides is 1. The van der Waals surface area contributed by atoms with Crippen molar-refractivity contribution >= 4 is 50.1 Å². The van der Waals surface area contributed by atoms with Gasteiger partial charge >= 0.3 is 103 Å². The third-order valence-corrected chi connectivity index (χ3v) is 19.7. The number of halogens is 3. The molecule has 9 nitrogen and oxygen atoms in total. The molecule has 0 spiro atoms. The fourth-order valence-electron chi connectivity index (χ4n) is 14.9. The number of benzene rings is 14. The van der Waals surface area contributed by atoms with Gasteiger partial charge in [-0.3, -0.25) is 9.18 Å². The van der Waals surface area contributed by atoms with Crippen molar-refractivity contribution in [3.8, 4) is 124 Å². The number of para-hydroxylation sites is 4. The Kier molecular flexibility index (Phi) is 25.7. The van der Waals surface area contributed by atoms with E-state index in [0.29, 0.717) is 22.5 Å². The Morgan fingerprint density at radius 2 is 0.673 bits per heavy atom. The molecule has 18 aromatic rings. The Balaban J connectivity index is 0.000000180. The van der Waals surface area contributed by atoms with E-state index in [9.17, 15) is 14.9 Å². The molecule has 1 aliphatic rings. The molecule has 0 amide bonds. The van der Waals surface area contributed by atoms with Crippen molar-refractivity contribution in [1.29, 1.82) is 10.5 Å². The third kappa shape index (κ3) is 16.4. The molecule has 1 aliphatic carbocycles. The van der Waals surface area contributed by atoms with Gasteiger partial charge in [0.2, 0.25) is 0 Å². The fraction of sp³-hybridized carbons (Fsp3) is 0.0202. The van der Waals surface area contributed by atoms with Crippen LogP contribution in [0.3, 0.4) is 0 Å². The Bertz CT molecular complexity index is 6280. The number of fused-ring (bicyclic) bond motifs is 9. The van der Waals surface area contributed by atoms with Crippen LogP contribution in [0, 0.1) is 34.3 Å². The molecule has 0 fully saturated rings. The molecule has 0 radical (unpaired) electrons. The molecule has 14 heteroatoms. The molecule has 4 aromatic heterocycles. The van der Waals surface area contributed by atoms with Gasteiger partial charge in [0.1, 0.15) is 18.0 Å². The smallest absolute Gasteiger partial charge is 1.00 e. The summed E-state index contributed by atoms with van der Waals surface area (Å²) in [4.78, 5) is 21.5. The van der Waals surface area contributed by atoms with Gasteiger partial charge in [0.25, 0.3) is 6.47 Å². The van der Waals surface area contributed by atoms with Gasteiger partial charge in [-0.2, -0.15) is 10.5 Å². The van der Waals surface area contributed by atoms with Gasteiger partial charge in [-0.05, 0) is 123 Å². The summed E-state index contributed by atoms with van der Waals surface area (Å²) >= 11 is 0. The molecule has 0 unspecified atom stereocenters. The van der Waals surface area contributed by atoms with Gasteiger partial charge in [0.15, 0.2) is 5.82 Å². The predicted octanol–water partition coefficient (Wildman–Crippen LogP) is 18.1. The topological polar surface area (TPSA) is 133 Å². The first-order chi connectivity index (χ1) is 55.2. The second-order valence-electron chi connectivity index (χ2n) is 26.1. The summed E-state index contributed by atoms with van der Waals surface area (Å²) in [5.74, 6) is -1.63. The second-order valence-corrected chi connectivity index (χ2v) is 26.1. The minimum atomic E-state index is -1.00. The van der Waals surface area contributed by atoms with E-state index in [1.54, 1.807) is 36.4 Å². The number of hydrogen-bond acceptors (Lipinski definition) is 7. The molecule has 0 saturated carbocycles. The van der Waals surface area contributed by atoms with Crippen LogP contribution in [0.2, 0.25) is 0 Å². The largest absolute Gasteiger partial charge is 1.00 e. The van der Waals surface area contributed by atoms with Crippen molar-refractivity contribution in [3.63, 3.8) is 0 Å². The fourth-order valence-corrected chi connectivity index (χ4v) is 14.9. The Morgan fingerprint density at radius 1 is 0.372 bits per heavy atom. The molecule has 14 aromatic carbocycles. The zero-order valence-corrected chi connectivity index (χ0v) is 67.9. The van der Waals surface area contributed by atoms with Crippen LogP contribution in [0.15, 0.2) is 364 Å². The van der Waals surface area contributed by atoms with Gasteiger partial charge in [-0.15, -0.1) is 0 Å². The van der Waals surface area contributed by atoms with Gasteiger partial charge in [0.05, 0.1) is 81.4 Å². The summed E-state index contributed by atoms with van der Waals surface area (Å²) in [5.41, 5.74) is 23.5. The van der Waals surface area contributed by atoms with Crippen LogP contribution in [0.5, 0.6) is 0 Å². The quantitative estimate of drug-likeness (QED) is 0.0545. The van der Waals surface area contributed by atoms with Crippen molar-refractivity contribution in [3.05, 3.63) is 398 Å². The normalized spacial score (nSPS) is 10.8. The summed E-state index contributed by atoms with van der Waals surface area (Å²) < 4.78 is 51.2. The minimum Gasteiger partial charge on any atom is -1.00 e. The number of carbonyl (C=O) groups excluding carboxylic acids is 1. The van der Waals surface area contributed by atoms with Crippen LogP contribution in [0.25, 0.3) is 156 Å². The van der Waals surface area contributed by atoms with E-state index >= 15 is 8.78 Å². The van der Waals surface area contributed by atoms with Crippen LogP contribution in [-0.2, 0) is 16.1 Å². The van der Waals surface area contributed by atoms with E-state index in [1.807, 2.05) is 84.9 Å². The minimum absolute atomic E-state index is 0. The summed E-state index contributed by atoms with van der Waals surface area (Å²) in [6, 6.07) is 127. The van der Waals surface area contributed by atoms with Crippen LogP contribution < -0.4 is 108 Å². The Labute approximate surface area is 740 Å². The van der Waals surface area contributed by atoms with Crippen molar-refractivity contribution < 1.29 is 134 Å². The maximum Gasteiger partial charge on any atom is 1.00 e.